The van der Waals surface area contributed by atoms with Crippen LogP contribution in [0, 0.1) is 0 Å². The van der Waals surface area contributed by atoms with Crippen LogP contribution in [-0.4, -0.2) is 11.4 Å². The normalized spacial score (nSPS) is 12.7. The smallest absolute Gasteiger partial charge is 0.0672 e. The molecule has 26 heavy (non-hydrogen) atoms. The van der Waals surface area contributed by atoms with Gasteiger partial charge in [-0.1, -0.05) is 72.8 Å². The highest BCUT2D eigenvalue weighted by molar-refractivity contribution is 6.04. The van der Waals surface area contributed by atoms with Crippen molar-refractivity contribution in [3.05, 3.63) is 96.1 Å². The Morgan fingerprint density at radius 2 is 0.885 bits per heavy atom. The summed E-state index contributed by atoms with van der Waals surface area (Å²) in [6.07, 6.45) is 0. The molecule has 0 saturated carbocycles. The van der Waals surface area contributed by atoms with Crippen LogP contribution in [0.3, 0.4) is 0 Å². The molecule has 0 heterocycles. The molecule has 0 saturated heterocycles. The number of fused-ring (bicyclic) bond motifs is 2. The van der Waals surface area contributed by atoms with Gasteiger partial charge in [-0.2, -0.15) is 10.2 Å². The standard InChI is InChI=1S/C24H20N2/c1-17(21-13-11-19-7-3-5-9-23(19)15-21)25-26-18(2)22-14-12-20-8-4-6-10-24(20)16-22/h3-16H,1-2H3/b25-17+,26-18?. The topological polar surface area (TPSA) is 24.7 Å². The van der Waals surface area contributed by atoms with Crippen LogP contribution in [0.2, 0.25) is 0 Å². The Hall–Kier alpha value is -3.26. The fraction of sp³-hybridized carbons (Fsp3) is 0.0833. The Kier molecular flexibility index (Phi) is 4.32. The van der Waals surface area contributed by atoms with Crippen LogP contribution in [0.5, 0.6) is 0 Å². The van der Waals surface area contributed by atoms with Crippen LogP contribution >= 0.6 is 0 Å². The fourth-order valence-corrected chi connectivity index (χ4v) is 3.09. The Balaban J connectivity index is 1.64. The second-order valence-corrected chi connectivity index (χ2v) is 6.49. The number of hydrogen-bond donors (Lipinski definition) is 0. The summed E-state index contributed by atoms with van der Waals surface area (Å²) in [5.41, 5.74) is 4.02. The third-order valence-corrected chi connectivity index (χ3v) is 4.68. The molecule has 4 aromatic carbocycles. The summed E-state index contributed by atoms with van der Waals surface area (Å²) in [7, 11) is 0. The number of benzene rings is 4. The van der Waals surface area contributed by atoms with Gasteiger partial charge in [0.15, 0.2) is 0 Å². The molecule has 0 radical (unpaired) electrons. The summed E-state index contributed by atoms with van der Waals surface area (Å²) in [5.74, 6) is 0. The Bertz CT molecular complexity index is 1060. The van der Waals surface area contributed by atoms with E-state index in [0.29, 0.717) is 0 Å². The van der Waals surface area contributed by atoms with Crippen molar-refractivity contribution in [3.8, 4) is 0 Å². The molecule has 2 nitrogen and oxygen atoms in total. The van der Waals surface area contributed by atoms with E-state index in [1.807, 2.05) is 13.8 Å². The van der Waals surface area contributed by atoms with E-state index in [9.17, 15) is 0 Å². The summed E-state index contributed by atoms with van der Waals surface area (Å²) >= 11 is 0. The minimum atomic E-state index is 0.913. The van der Waals surface area contributed by atoms with Crippen molar-refractivity contribution in [3.63, 3.8) is 0 Å². The second-order valence-electron chi connectivity index (χ2n) is 6.49. The van der Waals surface area contributed by atoms with E-state index in [1.165, 1.54) is 21.5 Å². The monoisotopic (exact) mass is 336 g/mol. The molecule has 0 amide bonds. The van der Waals surface area contributed by atoms with Crippen LogP contribution in [0.15, 0.2) is 95.1 Å². The first-order valence-corrected chi connectivity index (χ1v) is 8.78. The highest BCUT2D eigenvalue weighted by Crippen LogP contribution is 2.18. The Morgan fingerprint density at radius 3 is 1.31 bits per heavy atom. The third-order valence-electron chi connectivity index (χ3n) is 4.68. The molecular weight excluding hydrogens is 316 g/mol. The molecule has 0 N–H and O–H groups in total. The molecular formula is C24H20N2. The fourth-order valence-electron chi connectivity index (χ4n) is 3.09. The molecule has 0 fully saturated rings. The van der Waals surface area contributed by atoms with Gasteiger partial charge in [0, 0.05) is 0 Å². The van der Waals surface area contributed by atoms with Crippen LogP contribution in [0.25, 0.3) is 21.5 Å². The van der Waals surface area contributed by atoms with Gasteiger partial charge >= 0.3 is 0 Å². The van der Waals surface area contributed by atoms with Crippen molar-refractivity contribution in [2.75, 3.05) is 0 Å². The molecule has 0 aliphatic heterocycles. The molecule has 4 aromatic rings. The minimum Gasteiger partial charge on any atom is -0.155 e. The van der Waals surface area contributed by atoms with E-state index in [-0.39, 0.29) is 0 Å². The maximum atomic E-state index is 4.46. The Morgan fingerprint density at radius 1 is 0.500 bits per heavy atom. The third kappa shape index (κ3) is 3.27. The lowest BCUT2D eigenvalue weighted by Crippen LogP contribution is -1.97. The van der Waals surface area contributed by atoms with Crippen molar-refractivity contribution in [2.24, 2.45) is 10.2 Å². The van der Waals surface area contributed by atoms with E-state index in [2.05, 4.69) is 95.1 Å². The molecule has 126 valence electrons. The first-order valence-electron chi connectivity index (χ1n) is 8.78. The van der Waals surface area contributed by atoms with E-state index < -0.39 is 0 Å². The van der Waals surface area contributed by atoms with Gasteiger partial charge in [0.25, 0.3) is 0 Å². The molecule has 0 aromatic heterocycles. The summed E-state index contributed by atoms with van der Waals surface area (Å²) in [6, 6.07) is 29.5. The molecule has 4 rings (SSSR count). The predicted molar refractivity (Wildman–Crippen MR) is 112 cm³/mol. The lowest BCUT2D eigenvalue weighted by molar-refractivity contribution is 1.22. The zero-order valence-corrected chi connectivity index (χ0v) is 15.0. The van der Waals surface area contributed by atoms with Gasteiger partial charge in [-0.3, -0.25) is 0 Å². The first kappa shape index (κ1) is 16.2. The molecule has 0 aliphatic rings. The van der Waals surface area contributed by atoms with E-state index in [1.54, 1.807) is 0 Å². The molecule has 0 aliphatic carbocycles. The molecule has 2 heteroatoms. The summed E-state index contributed by atoms with van der Waals surface area (Å²) in [6.45, 7) is 4.00. The van der Waals surface area contributed by atoms with Crippen molar-refractivity contribution in [2.45, 2.75) is 13.8 Å². The predicted octanol–water partition coefficient (Wildman–Crippen LogP) is 6.23. The van der Waals surface area contributed by atoms with Crippen LogP contribution in [0.1, 0.15) is 25.0 Å². The largest absolute Gasteiger partial charge is 0.155 e. The van der Waals surface area contributed by atoms with E-state index >= 15 is 0 Å². The molecule has 0 spiro atoms. The van der Waals surface area contributed by atoms with Gasteiger partial charge in [0.1, 0.15) is 0 Å². The lowest BCUT2D eigenvalue weighted by atomic mass is 10.0. The molecule has 0 atom stereocenters. The van der Waals surface area contributed by atoms with E-state index in [4.69, 9.17) is 0 Å². The maximum absolute atomic E-state index is 4.46. The van der Waals surface area contributed by atoms with Gasteiger partial charge in [0.2, 0.25) is 0 Å². The minimum absolute atomic E-state index is 0.913. The average Bonchev–Trinajstić information content (AvgIpc) is 2.71. The number of hydrogen-bond acceptors (Lipinski definition) is 2. The highest BCUT2D eigenvalue weighted by atomic mass is 15.2. The lowest BCUT2D eigenvalue weighted by Gasteiger charge is -2.04. The second kappa shape index (κ2) is 6.93. The quantitative estimate of drug-likeness (QED) is 0.313. The van der Waals surface area contributed by atoms with Crippen LogP contribution in [-0.2, 0) is 0 Å². The zero-order valence-electron chi connectivity index (χ0n) is 15.0. The van der Waals surface area contributed by atoms with Crippen molar-refractivity contribution < 1.29 is 0 Å². The first-order chi connectivity index (χ1) is 12.7. The van der Waals surface area contributed by atoms with Crippen molar-refractivity contribution >= 4 is 33.0 Å². The van der Waals surface area contributed by atoms with Gasteiger partial charge in [0.05, 0.1) is 11.4 Å². The summed E-state index contributed by atoms with van der Waals surface area (Å²) < 4.78 is 0. The maximum Gasteiger partial charge on any atom is 0.0672 e. The van der Waals surface area contributed by atoms with Crippen molar-refractivity contribution in [1.82, 2.24) is 0 Å². The molecule has 0 unspecified atom stereocenters. The highest BCUT2D eigenvalue weighted by Gasteiger charge is 2.02. The SMILES string of the molecule is CC(=N/N=C(\C)c1ccc2ccccc2c1)c1ccc2ccccc2c1. The molecule has 0 bridgehead atoms. The van der Waals surface area contributed by atoms with Crippen LogP contribution < -0.4 is 0 Å². The zero-order chi connectivity index (χ0) is 17.9. The number of rotatable bonds is 3. The van der Waals surface area contributed by atoms with Crippen molar-refractivity contribution in [1.29, 1.82) is 0 Å². The number of nitrogens with zero attached hydrogens (tertiary/aromatic N) is 2. The summed E-state index contributed by atoms with van der Waals surface area (Å²) in [5, 5.41) is 13.8. The van der Waals surface area contributed by atoms with Gasteiger partial charge in [-0.25, -0.2) is 0 Å². The Labute approximate surface area is 153 Å². The van der Waals surface area contributed by atoms with Gasteiger partial charge in [-0.05, 0) is 58.7 Å². The summed E-state index contributed by atoms with van der Waals surface area (Å²) in [4.78, 5) is 0. The van der Waals surface area contributed by atoms with Gasteiger partial charge in [-0.15, -0.1) is 0 Å². The van der Waals surface area contributed by atoms with E-state index in [0.717, 1.165) is 22.6 Å². The van der Waals surface area contributed by atoms with Crippen LogP contribution in [0.4, 0.5) is 0 Å². The van der Waals surface area contributed by atoms with Gasteiger partial charge < -0.3 is 0 Å². The average molecular weight is 336 g/mol.